The van der Waals surface area contributed by atoms with Crippen LogP contribution in [-0.4, -0.2) is 23.3 Å². The summed E-state index contributed by atoms with van der Waals surface area (Å²) in [6.07, 6.45) is 0. The summed E-state index contributed by atoms with van der Waals surface area (Å²) in [5.74, 6) is -0.174. The van der Waals surface area contributed by atoms with Gasteiger partial charge in [-0.1, -0.05) is 6.07 Å². The van der Waals surface area contributed by atoms with Gasteiger partial charge in [0.25, 0.3) is 0 Å². The van der Waals surface area contributed by atoms with E-state index >= 15 is 0 Å². The molecule has 2 unspecified atom stereocenters. The first-order valence-electron chi connectivity index (χ1n) is 5.31. The standard InChI is InChI=1S/C11H12N2O2S/c12-4-7-8-9(7)11(15)13(10(8)14)5-6-2-1-3-16-6/h1-3,7-9H,4-5,12H2. The number of likely N-dealkylation sites (tertiary alicyclic amines) is 1. The van der Waals surface area contributed by atoms with Gasteiger partial charge in [-0.25, -0.2) is 0 Å². The number of hydrogen-bond donors (Lipinski definition) is 1. The molecule has 2 fully saturated rings. The molecule has 2 N–H and O–H groups in total. The highest BCUT2D eigenvalue weighted by molar-refractivity contribution is 7.09. The van der Waals surface area contributed by atoms with Gasteiger partial charge in [0.05, 0.1) is 18.4 Å². The lowest BCUT2D eigenvalue weighted by molar-refractivity contribution is -0.142. The molecule has 1 aliphatic carbocycles. The van der Waals surface area contributed by atoms with Crippen LogP contribution in [0.15, 0.2) is 17.5 Å². The third-order valence-corrected chi connectivity index (χ3v) is 4.30. The number of fused-ring (bicyclic) bond motifs is 1. The van der Waals surface area contributed by atoms with Gasteiger partial charge >= 0.3 is 0 Å². The molecule has 0 spiro atoms. The number of thiophene rings is 1. The van der Waals surface area contributed by atoms with Crippen LogP contribution in [0.4, 0.5) is 0 Å². The topological polar surface area (TPSA) is 63.4 Å². The van der Waals surface area contributed by atoms with E-state index in [2.05, 4.69) is 0 Å². The Bertz CT molecular complexity index is 421. The molecule has 4 nitrogen and oxygen atoms in total. The minimum absolute atomic E-state index is 0.0288. The number of amides is 2. The second-order valence-electron chi connectivity index (χ2n) is 4.29. The van der Waals surface area contributed by atoms with Gasteiger partial charge in [-0.05, 0) is 23.9 Å². The Morgan fingerprint density at radius 3 is 2.50 bits per heavy atom. The van der Waals surface area contributed by atoms with Crippen molar-refractivity contribution in [3.05, 3.63) is 22.4 Å². The van der Waals surface area contributed by atoms with Crippen LogP contribution in [0.25, 0.3) is 0 Å². The average Bonchev–Trinajstić information content (AvgIpc) is 2.69. The van der Waals surface area contributed by atoms with Gasteiger partial charge in [-0.15, -0.1) is 11.3 Å². The summed E-state index contributed by atoms with van der Waals surface area (Å²) in [6.45, 7) is 0.874. The SMILES string of the molecule is NCC1C2C(=O)N(Cc3cccs3)C(=O)C12. The predicted octanol–water partition coefficient (Wildman–Crippen LogP) is 0.438. The second-order valence-corrected chi connectivity index (χ2v) is 5.33. The van der Waals surface area contributed by atoms with Crippen molar-refractivity contribution in [2.24, 2.45) is 23.5 Å². The molecule has 1 saturated carbocycles. The fraction of sp³-hybridized carbons (Fsp3) is 0.455. The first-order chi connectivity index (χ1) is 7.74. The van der Waals surface area contributed by atoms with Crippen molar-refractivity contribution in [1.29, 1.82) is 0 Å². The summed E-state index contributed by atoms with van der Waals surface area (Å²) in [5.41, 5.74) is 5.51. The third kappa shape index (κ3) is 1.25. The fourth-order valence-corrected chi connectivity index (χ4v) is 3.22. The Morgan fingerprint density at radius 2 is 2.00 bits per heavy atom. The molecular formula is C11H12N2O2S. The monoisotopic (exact) mass is 236 g/mol. The minimum atomic E-state index is -0.113. The van der Waals surface area contributed by atoms with Crippen molar-refractivity contribution in [1.82, 2.24) is 4.90 Å². The van der Waals surface area contributed by atoms with Crippen LogP contribution in [0, 0.1) is 17.8 Å². The maximum absolute atomic E-state index is 11.9. The highest BCUT2D eigenvalue weighted by Crippen LogP contribution is 2.52. The highest BCUT2D eigenvalue weighted by Gasteiger charge is 2.66. The van der Waals surface area contributed by atoms with Gasteiger partial charge in [-0.3, -0.25) is 14.5 Å². The van der Waals surface area contributed by atoms with E-state index in [1.807, 2.05) is 17.5 Å². The molecule has 1 aliphatic heterocycles. The zero-order valence-electron chi connectivity index (χ0n) is 8.63. The van der Waals surface area contributed by atoms with Crippen LogP contribution < -0.4 is 5.73 Å². The number of piperidine rings is 1. The van der Waals surface area contributed by atoms with E-state index in [-0.39, 0.29) is 29.6 Å². The smallest absolute Gasteiger partial charge is 0.233 e. The summed E-state index contributed by atoms with van der Waals surface area (Å²) in [7, 11) is 0. The number of carbonyl (C=O) groups is 2. The zero-order chi connectivity index (χ0) is 11.3. The minimum Gasteiger partial charge on any atom is -0.330 e. The van der Waals surface area contributed by atoms with Gasteiger partial charge in [0, 0.05) is 4.88 Å². The lowest BCUT2D eigenvalue weighted by atomic mass is 10.2. The third-order valence-electron chi connectivity index (χ3n) is 3.44. The van der Waals surface area contributed by atoms with E-state index in [9.17, 15) is 9.59 Å². The highest BCUT2D eigenvalue weighted by atomic mass is 32.1. The molecule has 2 heterocycles. The van der Waals surface area contributed by atoms with Crippen LogP contribution in [0.5, 0.6) is 0 Å². The molecule has 1 aromatic heterocycles. The average molecular weight is 236 g/mol. The van der Waals surface area contributed by atoms with Crippen LogP contribution in [0.3, 0.4) is 0 Å². The lowest BCUT2D eigenvalue weighted by Crippen LogP contribution is -2.34. The van der Waals surface area contributed by atoms with Gasteiger partial charge in [0.2, 0.25) is 11.8 Å². The van der Waals surface area contributed by atoms with Crippen molar-refractivity contribution < 1.29 is 9.59 Å². The first-order valence-corrected chi connectivity index (χ1v) is 6.19. The van der Waals surface area contributed by atoms with Crippen molar-refractivity contribution >= 4 is 23.2 Å². The summed E-state index contributed by atoms with van der Waals surface area (Å²) in [5, 5.41) is 1.95. The normalized spacial score (nSPS) is 32.1. The summed E-state index contributed by atoms with van der Waals surface area (Å²) >= 11 is 1.57. The van der Waals surface area contributed by atoms with Gasteiger partial charge in [-0.2, -0.15) is 0 Å². The van der Waals surface area contributed by atoms with Crippen LogP contribution >= 0.6 is 11.3 Å². The molecule has 84 valence electrons. The number of nitrogens with two attached hydrogens (primary N) is 1. The number of imide groups is 1. The molecule has 0 bridgehead atoms. The molecule has 3 rings (SSSR count). The van der Waals surface area contributed by atoms with E-state index in [0.29, 0.717) is 13.1 Å². The molecule has 16 heavy (non-hydrogen) atoms. The van der Waals surface area contributed by atoms with Crippen LogP contribution in [0.2, 0.25) is 0 Å². The second kappa shape index (κ2) is 3.40. The number of hydrogen-bond acceptors (Lipinski definition) is 4. The molecular weight excluding hydrogens is 224 g/mol. The first kappa shape index (κ1) is 9.99. The van der Waals surface area contributed by atoms with Crippen LogP contribution in [0.1, 0.15) is 4.88 Å². The Morgan fingerprint density at radius 1 is 1.31 bits per heavy atom. The Kier molecular flexibility index (Phi) is 2.12. The molecule has 1 saturated heterocycles. The molecule has 1 aromatic rings. The van der Waals surface area contributed by atoms with Crippen molar-refractivity contribution in [3.63, 3.8) is 0 Å². The summed E-state index contributed by atoms with van der Waals surface area (Å²) in [6, 6.07) is 3.87. The van der Waals surface area contributed by atoms with E-state index in [0.717, 1.165) is 4.88 Å². The number of carbonyl (C=O) groups excluding carboxylic acids is 2. The largest absolute Gasteiger partial charge is 0.330 e. The van der Waals surface area contributed by atoms with Crippen molar-refractivity contribution in [2.45, 2.75) is 6.54 Å². The van der Waals surface area contributed by atoms with Crippen LogP contribution in [-0.2, 0) is 16.1 Å². The molecule has 2 atom stereocenters. The van der Waals surface area contributed by atoms with Gasteiger partial charge in [0.15, 0.2) is 0 Å². The Balaban J connectivity index is 1.76. The Hall–Kier alpha value is -1.20. The molecule has 0 aromatic carbocycles. The molecule has 0 radical (unpaired) electrons. The lowest BCUT2D eigenvalue weighted by Gasteiger charge is -2.16. The van der Waals surface area contributed by atoms with E-state index in [1.165, 1.54) is 4.90 Å². The number of rotatable bonds is 3. The zero-order valence-corrected chi connectivity index (χ0v) is 9.44. The maximum atomic E-state index is 11.9. The summed E-state index contributed by atoms with van der Waals surface area (Å²) < 4.78 is 0. The van der Waals surface area contributed by atoms with Gasteiger partial charge in [0.1, 0.15) is 0 Å². The fourth-order valence-electron chi connectivity index (χ4n) is 2.52. The van der Waals surface area contributed by atoms with E-state index < -0.39 is 0 Å². The Labute approximate surface area is 97.0 Å². The molecule has 2 amide bonds. The van der Waals surface area contributed by atoms with Gasteiger partial charge < -0.3 is 5.73 Å². The maximum Gasteiger partial charge on any atom is 0.233 e. The quantitative estimate of drug-likeness (QED) is 0.774. The summed E-state index contributed by atoms with van der Waals surface area (Å²) in [4.78, 5) is 26.2. The van der Waals surface area contributed by atoms with E-state index in [1.54, 1.807) is 11.3 Å². The molecule has 5 heteroatoms. The van der Waals surface area contributed by atoms with E-state index in [4.69, 9.17) is 5.73 Å². The predicted molar refractivity (Wildman–Crippen MR) is 59.4 cm³/mol. The van der Waals surface area contributed by atoms with Crippen molar-refractivity contribution in [2.75, 3.05) is 6.54 Å². The molecule has 2 aliphatic rings. The number of nitrogens with zero attached hydrogens (tertiary/aromatic N) is 1. The van der Waals surface area contributed by atoms with Crippen molar-refractivity contribution in [3.8, 4) is 0 Å².